The first-order valence-corrected chi connectivity index (χ1v) is 8.50. The summed E-state index contributed by atoms with van der Waals surface area (Å²) in [6, 6.07) is 6.54. The van der Waals surface area contributed by atoms with Crippen molar-refractivity contribution in [2.75, 3.05) is 19.7 Å². The third kappa shape index (κ3) is 3.43. The van der Waals surface area contributed by atoms with E-state index in [0.29, 0.717) is 30.7 Å². The van der Waals surface area contributed by atoms with Crippen LogP contribution in [0.3, 0.4) is 0 Å². The van der Waals surface area contributed by atoms with Gasteiger partial charge in [0.15, 0.2) is 0 Å². The van der Waals surface area contributed by atoms with Crippen LogP contribution in [0, 0.1) is 11.2 Å². The van der Waals surface area contributed by atoms with E-state index in [1.54, 1.807) is 18.2 Å². The highest BCUT2D eigenvalue weighted by Gasteiger charge is 2.44. The monoisotopic (exact) mass is 334 g/mol. The van der Waals surface area contributed by atoms with Gasteiger partial charge >= 0.3 is 5.97 Å². The number of piperidine rings is 1. The summed E-state index contributed by atoms with van der Waals surface area (Å²) in [5.74, 6) is -0.461. The van der Waals surface area contributed by atoms with Crippen molar-refractivity contribution in [2.24, 2.45) is 10.6 Å². The van der Waals surface area contributed by atoms with Gasteiger partial charge in [-0.15, -0.1) is 0 Å². The largest absolute Gasteiger partial charge is 0.466 e. The van der Waals surface area contributed by atoms with Crippen molar-refractivity contribution in [3.63, 3.8) is 0 Å². The van der Waals surface area contributed by atoms with Gasteiger partial charge < -0.3 is 14.9 Å². The first kappa shape index (κ1) is 16.9. The Labute approximate surface area is 141 Å². The standard InChI is InChI=1S/C18H23FN2O3/c1-2-23-17(22)18(7-9-20-10-8-18)12-13-11-16(21-24-13)14-5-3-4-6-15(14)19/h3-6,13,20H,2,7-12H2,1H3. The van der Waals surface area contributed by atoms with E-state index in [-0.39, 0.29) is 17.9 Å². The maximum atomic E-state index is 13.9. The number of hydrogen-bond acceptors (Lipinski definition) is 5. The third-order valence-corrected chi connectivity index (χ3v) is 4.81. The van der Waals surface area contributed by atoms with Crippen LogP contribution in [-0.4, -0.2) is 37.5 Å². The molecule has 0 aromatic heterocycles. The van der Waals surface area contributed by atoms with E-state index < -0.39 is 5.41 Å². The Morgan fingerprint density at radius 2 is 2.17 bits per heavy atom. The predicted molar refractivity (Wildman–Crippen MR) is 88.2 cm³/mol. The quantitative estimate of drug-likeness (QED) is 0.841. The number of carbonyl (C=O) groups is 1. The number of halogens is 1. The molecule has 1 fully saturated rings. The van der Waals surface area contributed by atoms with Gasteiger partial charge in [-0.25, -0.2) is 4.39 Å². The van der Waals surface area contributed by atoms with Crippen LogP contribution in [0.1, 0.15) is 38.2 Å². The highest BCUT2D eigenvalue weighted by atomic mass is 19.1. The molecule has 0 bridgehead atoms. The fraction of sp³-hybridized carbons (Fsp3) is 0.556. The average molecular weight is 334 g/mol. The van der Waals surface area contributed by atoms with Crippen molar-refractivity contribution < 1.29 is 18.8 Å². The van der Waals surface area contributed by atoms with Crippen LogP contribution < -0.4 is 5.32 Å². The van der Waals surface area contributed by atoms with Gasteiger partial charge in [0.1, 0.15) is 11.9 Å². The van der Waals surface area contributed by atoms with Gasteiger partial charge in [0.05, 0.1) is 17.7 Å². The van der Waals surface area contributed by atoms with E-state index in [0.717, 1.165) is 25.9 Å². The molecule has 1 N–H and O–H groups in total. The summed E-state index contributed by atoms with van der Waals surface area (Å²) in [6.45, 7) is 3.76. The van der Waals surface area contributed by atoms with Crippen molar-refractivity contribution in [1.82, 2.24) is 5.32 Å². The SMILES string of the molecule is CCOC(=O)C1(CC2CC(c3ccccc3F)=NO2)CCNCC1. The minimum absolute atomic E-state index is 0.158. The molecule has 3 rings (SSSR count). The fourth-order valence-electron chi connectivity index (χ4n) is 3.51. The molecule has 130 valence electrons. The molecule has 1 atom stereocenters. The Morgan fingerprint density at radius 1 is 1.42 bits per heavy atom. The van der Waals surface area contributed by atoms with Crippen LogP contribution in [0.4, 0.5) is 4.39 Å². The molecular weight excluding hydrogens is 311 g/mol. The summed E-state index contributed by atoms with van der Waals surface area (Å²) in [6.07, 6.45) is 2.29. The fourth-order valence-corrected chi connectivity index (χ4v) is 3.51. The van der Waals surface area contributed by atoms with Gasteiger partial charge in [-0.3, -0.25) is 4.79 Å². The second-order valence-electron chi connectivity index (χ2n) is 6.40. The maximum absolute atomic E-state index is 13.9. The van der Waals surface area contributed by atoms with E-state index in [4.69, 9.17) is 9.57 Å². The Balaban J connectivity index is 1.69. The summed E-state index contributed by atoms with van der Waals surface area (Å²) < 4.78 is 19.2. The molecule has 0 amide bonds. The van der Waals surface area contributed by atoms with Crippen molar-refractivity contribution in [3.8, 4) is 0 Å². The highest BCUT2D eigenvalue weighted by molar-refractivity contribution is 6.01. The topological polar surface area (TPSA) is 59.9 Å². The molecule has 1 unspecified atom stereocenters. The molecule has 0 radical (unpaired) electrons. The molecule has 5 nitrogen and oxygen atoms in total. The Morgan fingerprint density at radius 3 is 2.88 bits per heavy atom. The molecule has 2 heterocycles. The molecule has 2 aliphatic heterocycles. The minimum Gasteiger partial charge on any atom is -0.466 e. The van der Waals surface area contributed by atoms with Gasteiger partial charge in [-0.05, 0) is 38.9 Å². The number of esters is 1. The van der Waals surface area contributed by atoms with Crippen molar-refractivity contribution >= 4 is 11.7 Å². The Bertz CT molecular complexity index is 626. The molecule has 1 aromatic rings. The van der Waals surface area contributed by atoms with Gasteiger partial charge in [0.25, 0.3) is 0 Å². The number of hydrogen-bond donors (Lipinski definition) is 1. The van der Waals surface area contributed by atoms with Gasteiger partial charge in [0, 0.05) is 18.4 Å². The lowest BCUT2D eigenvalue weighted by Crippen LogP contribution is -2.45. The van der Waals surface area contributed by atoms with Crippen molar-refractivity contribution in [3.05, 3.63) is 35.6 Å². The third-order valence-electron chi connectivity index (χ3n) is 4.81. The number of rotatable bonds is 5. The van der Waals surface area contributed by atoms with Crippen LogP contribution in [0.15, 0.2) is 29.4 Å². The van der Waals surface area contributed by atoms with Gasteiger partial charge in [-0.2, -0.15) is 0 Å². The van der Waals surface area contributed by atoms with E-state index >= 15 is 0 Å². The molecule has 6 heteroatoms. The molecule has 0 aliphatic carbocycles. The lowest BCUT2D eigenvalue weighted by molar-refractivity contribution is -0.160. The lowest BCUT2D eigenvalue weighted by Gasteiger charge is -2.36. The zero-order valence-corrected chi connectivity index (χ0v) is 13.9. The summed E-state index contributed by atoms with van der Waals surface area (Å²) in [7, 11) is 0. The Hall–Kier alpha value is -1.95. The smallest absolute Gasteiger partial charge is 0.312 e. The number of ether oxygens (including phenoxy) is 1. The van der Waals surface area contributed by atoms with Crippen LogP contribution in [0.2, 0.25) is 0 Å². The van der Waals surface area contributed by atoms with E-state index in [2.05, 4.69) is 10.5 Å². The Kier molecular flexibility index (Phi) is 5.14. The molecule has 1 aromatic carbocycles. The predicted octanol–water partition coefficient (Wildman–Crippen LogP) is 2.64. The van der Waals surface area contributed by atoms with E-state index in [1.165, 1.54) is 6.07 Å². The highest BCUT2D eigenvalue weighted by Crippen LogP contribution is 2.38. The summed E-state index contributed by atoms with van der Waals surface area (Å²) >= 11 is 0. The van der Waals surface area contributed by atoms with Gasteiger partial charge in [0.2, 0.25) is 0 Å². The molecular formula is C18H23FN2O3. The van der Waals surface area contributed by atoms with Crippen LogP contribution in [-0.2, 0) is 14.4 Å². The minimum atomic E-state index is -0.536. The zero-order valence-electron chi connectivity index (χ0n) is 13.9. The van der Waals surface area contributed by atoms with Crippen molar-refractivity contribution in [1.29, 1.82) is 0 Å². The molecule has 0 spiro atoms. The summed E-state index contributed by atoms with van der Waals surface area (Å²) in [5, 5.41) is 7.34. The van der Waals surface area contributed by atoms with Crippen LogP contribution in [0.5, 0.6) is 0 Å². The molecule has 24 heavy (non-hydrogen) atoms. The first-order valence-electron chi connectivity index (χ1n) is 8.50. The van der Waals surface area contributed by atoms with Crippen LogP contribution >= 0.6 is 0 Å². The van der Waals surface area contributed by atoms with Crippen LogP contribution in [0.25, 0.3) is 0 Å². The molecule has 1 saturated heterocycles. The number of nitrogens with zero attached hydrogens (tertiary/aromatic N) is 1. The summed E-state index contributed by atoms with van der Waals surface area (Å²) in [5.41, 5.74) is 0.535. The zero-order chi connectivity index (χ0) is 17.0. The van der Waals surface area contributed by atoms with E-state index in [1.807, 2.05) is 6.92 Å². The van der Waals surface area contributed by atoms with E-state index in [9.17, 15) is 9.18 Å². The average Bonchev–Trinajstić information content (AvgIpc) is 3.04. The number of carbonyl (C=O) groups excluding carboxylic acids is 1. The maximum Gasteiger partial charge on any atom is 0.312 e. The van der Waals surface area contributed by atoms with Gasteiger partial charge in [-0.1, -0.05) is 23.4 Å². The first-order chi connectivity index (χ1) is 11.6. The van der Waals surface area contributed by atoms with Crippen molar-refractivity contribution in [2.45, 2.75) is 38.7 Å². The second kappa shape index (κ2) is 7.30. The number of nitrogens with one attached hydrogen (secondary N) is 1. The second-order valence-corrected chi connectivity index (χ2v) is 6.40. The number of oxime groups is 1. The molecule has 2 aliphatic rings. The summed E-state index contributed by atoms with van der Waals surface area (Å²) in [4.78, 5) is 18.0. The normalized spacial score (nSPS) is 22.6. The lowest BCUT2D eigenvalue weighted by atomic mass is 9.74. The molecule has 0 saturated carbocycles. The number of benzene rings is 1.